The highest BCUT2D eigenvalue weighted by atomic mass is 32.2. The molecule has 2 aromatic carbocycles. The van der Waals surface area contributed by atoms with Crippen molar-refractivity contribution in [3.05, 3.63) is 77.7 Å². The summed E-state index contributed by atoms with van der Waals surface area (Å²) in [6, 6.07) is 5.74. The molecule has 42 heavy (non-hydrogen) atoms. The Morgan fingerprint density at radius 3 is 2.21 bits per heavy atom. The first-order valence-corrected chi connectivity index (χ1v) is 13.8. The van der Waals surface area contributed by atoms with Crippen LogP contribution in [0.2, 0.25) is 0 Å². The fourth-order valence-corrected chi connectivity index (χ4v) is 6.49. The molecule has 0 saturated carbocycles. The van der Waals surface area contributed by atoms with Gasteiger partial charge in [0.15, 0.2) is 11.5 Å². The van der Waals surface area contributed by atoms with Gasteiger partial charge in [0.2, 0.25) is 10.0 Å². The van der Waals surface area contributed by atoms with E-state index in [0.29, 0.717) is 10.5 Å². The average Bonchev–Trinajstić information content (AvgIpc) is 3.21. The van der Waals surface area contributed by atoms with Gasteiger partial charge in [0.25, 0.3) is 0 Å². The molecule has 0 unspecified atom stereocenters. The van der Waals surface area contributed by atoms with Gasteiger partial charge >= 0.3 is 12.5 Å². The third-order valence-corrected chi connectivity index (χ3v) is 8.77. The topological polar surface area (TPSA) is 76.6 Å². The van der Waals surface area contributed by atoms with Gasteiger partial charge in [-0.1, -0.05) is 12.1 Å². The monoisotopic (exact) mass is 622 g/mol. The molecule has 0 N–H and O–H groups in total. The minimum atomic E-state index is -5.14. The molecule has 1 aliphatic rings. The van der Waals surface area contributed by atoms with Crippen molar-refractivity contribution in [3.8, 4) is 17.0 Å². The summed E-state index contributed by atoms with van der Waals surface area (Å²) in [7, 11) is -4.46. The lowest BCUT2D eigenvalue weighted by Gasteiger charge is -2.27. The van der Waals surface area contributed by atoms with Gasteiger partial charge in [0.1, 0.15) is 12.0 Å². The number of nitrogens with zero attached hydrogens (tertiary/aromatic N) is 2. The largest absolute Gasteiger partial charge is 0.573 e. The van der Waals surface area contributed by atoms with Crippen LogP contribution in [-0.4, -0.2) is 48.1 Å². The molecule has 1 fully saturated rings. The Kier molecular flexibility index (Phi) is 8.65. The van der Waals surface area contributed by atoms with E-state index in [1.54, 1.807) is 0 Å². The third kappa shape index (κ3) is 6.89. The quantitative estimate of drug-likeness (QED) is 0.268. The number of hydrogen-bond donors (Lipinski definition) is 0. The van der Waals surface area contributed by atoms with Crippen molar-refractivity contribution in [2.45, 2.75) is 61.9 Å². The van der Waals surface area contributed by atoms with E-state index in [1.807, 2.05) is 0 Å². The molecule has 0 radical (unpaired) electrons. The summed E-state index contributed by atoms with van der Waals surface area (Å²) in [5, 5.41) is 0. The van der Waals surface area contributed by atoms with Gasteiger partial charge in [-0.25, -0.2) is 17.2 Å². The zero-order chi connectivity index (χ0) is 31.0. The molecule has 1 aliphatic heterocycles. The number of pyridine rings is 1. The van der Waals surface area contributed by atoms with E-state index in [0.717, 1.165) is 54.6 Å². The van der Waals surface area contributed by atoms with Crippen molar-refractivity contribution < 1.29 is 53.1 Å². The molecule has 0 spiro atoms. The number of Topliss-reactive ketones (excluding diaryl/α,β-unsaturated/α-hetero) is 1. The molecular weight excluding hydrogens is 600 g/mol. The first kappa shape index (κ1) is 31.3. The van der Waals surface area contributed by atoms with Crippen molar-refractivity contribution in [2.75, 3.05) is 0 Å². The number of benzene rings is 2. The van der Waals surface area contributed by atoms with Crippen LogP contribution in [0.15, 0.2) is 65.7 Å². The summed E-state index contributed by atoms with van der Waals surface area (Å²) in [4.78, 5) is 16.7. The van der Waals surface area contributed by atoms with Gasteiger partial charge in [0, 0.05) is 18.4 Å². The maximum Gasteiger partial charge on any atom is 0.573 e. The molecule has 226 valence electrons. The number of carbonyl (C=O) groups is 1. The van der Waals surface area contributed by atoms with Gasteiger partial charge < -0.3 is 4.74 Å². The lowest BCUT2D eigenvalue weighted by Crippen LogP contribution is -2.44. The lowest BCUT2D eigenvalue weighted by atomic mass is 10.00. The van der Waals surface area contributed by atoms with Crippen molar-refractivity contribution in [1.29, 1.82) is 0 Å². The Labute approximate surface area is 235 Å². The summed E-state index contributed by atoms with van der Waals surface area (Å²) < 4.78 is 137. The van der Waals surface area contributed by atoms with Crippen LogP contribution in [0.3, 0.4) is 0 Å². The molecule has 0 amide bonds. The molecule has 6 nitrogen and oxygen atoms in total. The fourth-order valence-electron chi connectivity index (χ4n) is 4.65. The number of sulfonamides is 1. The van der Waals surface area contributed by atoms with Crippen LogP contribution in [0.25, 0.3) is 11.3 Å². The van der Waals surface area contributed by atoms with Crippen LogP contribution in [0.4, 0.5) is 35.1 Å². The van der Waals surface area contributed by atoms with Crippen molar-refractivity contribution in [2.24, 2.45) is 0 Å². The Balaban J connectivity index is 1.61. The van der Waals surface area contributed by atoms with Gasteiger partial charge in [-0.05, 0) is 61.4 Å². The molecule has 3 atom stereocenters. The van der Waals surface area contributed by atoms with Gasteiger partial charge in [-0.3, -0.25) is 9.78 Å². The standard InChI is InChI=1S/C27H22F8N2O4S/c1-15-21(29)13-23(37(15)42(39,40)20-9-7-19(28)8-10-20)24(38)11-4-17-12-22(36-14-25(17)41-27(33,34)35)16-2-5-18(6-3-16)26(30,31)32/h2-3,5-10,12,14-15,21,23H,4,11,13H2,1H3/t15-,21+,23-/m0/s1. The number of ketones is 1. The van der Waals surface area contributed by atoms with Crippen molar-refractivity contribution in [3.63, 3.8) is 0 Å². The maximum atomic E-state index is 14.7. The van der Waals surface area contributed by atoms with Crippen LogP contribution in [0.1, 0.15) is 30.9 Å². The van der Waals surface area contributed by atoms with Crippen LogP contribution < -0.4 is 4.74 Å². The van der Waals surface area contributed by atoms with Crippen LogP contribution in [0.5, 0.6) is 5.75 Å². The number of rotatable bonds is 8. The smallest absolute Gasteiger partial charge is 0.404 e. The van der Waals surface area contributed by atoms with Crippen molar-refractivity contribution in [1.82, 2.24) is 9.29 Å². The second-order valence-corrected chi connectivity index (χ2v) is 11.4. The van der Waals surface area contributed by atoms with Crippen LogP contribution in [0, 0.1) is 5.82 Å². The second-order valence-electron chi connectivity index (χ2n) is 9.56. The Morgan fingerprint density at radius 2 is 1.64 bits per heavy atom. The minimum Gasteiger partial charge on any atom is -0.404 e. The highest BCUT2D eigenvalue weighted by Crippen LogP contribution is 2.36. The minimum absolute atomic E-state index is 0.0143. The lowest BCUT2D eigenvalue weighted by molar-refractivity contribution is -0.275. The van der Waals surface area contributed by atoms with E-state index in [1.165, 1.54) is 6.92 Å². The molecular formula is C27H22F8N2O4S. The number of alkyl halides is 7. The SMILES string of the molecule is C[C@H]1[C@H](F)C[C@@H](C(=O)CCc2cc(-c3ccc(C(F)(F)F)cc3)ncc2OC(F)(F)F)N1S(=O)(=O)c1ccc(F)cc1. The molecule has 0 bridgehead atoms. The molecule has 1 saturated heterocycles. The molecule has 1 aromatic heterocycles. The number of carbonyl (C=O) groups excluding carboxylic acids is 1. The van der Waals surface area contributed by atoms with E-state index >= 15 is 0 Å². The van der Waals surface area contributed by atoms with Gasteiger partial charge in [0.05, 0.1) is 34.4 Å². The highest BCUT2D eigenvalue weighted by molar-refractivity contribution is 7.89. The van der Waals surface area contributed by atoms with E-state index in [2.05, 4.69) is 9.72 Å². The van der Waals surface area contributed by atoms with E-state index < -0.39 is 83.0 Å². The predicted octanol–water partition coefficient (Wildman–Crippen LogP) is 6.50. The summed E-state index contributed by atoms with van der Waals surface area (Å²) >= 11 is 0. The Morgan fingerprint density at radius 1 is 1.02 bits per heavy atom. The molecule has 2 heterocycles. The zero-order valence-corrected chi connectivity index (χ0v) is 22.4. The normalized spacial score (nSPS) is 20.1. The summed E-state index contributed by atoms with van der Waals surface area (Å²) in [5.41, 5.74) is -1.03. The maximum absolute atomic E-state index is 14.7. The molecule has 0 aliphatic carbocycles. The fraction of sp³-hybridized carbons (Fsp3) is 0.333. The molecule has 15 heteroatoms. The average molecular weight is 623 g/mol. The number of halogens is 8. The van der Waals surface area contributed by atoms with Crippen LogP contribution >= 0.6 is 0 Å². The number of hydrogen-bond acceptors (Lipinski definition) is 5. The predicted molar refractivity (Wildman–Crippen MR) is 133 cm³/mol. The number of aryl methyl sites for hydroxylation is 1. The second kappa shape index (κ2) is 11.6. The first-order valence-electron chi connectivity index (χ1n) is 12.4. The van der Waals surface area contributed by atoms with E-state index in [-0.39, 0.29) is 21.7 Å². The van der Waals surface area contributed by atoms with Gasteiger partial charge in [-0.15, -0.1) is 13.2 Å². The van der Waals surface area contributed by atoms with E-state index in [4.69, 9.17) is 0 Å². The third-order valence-electron chi connectivity index (χ3n) is 6.76. The van der Waals surface area contributed by atoms with Crippen molar-refractivity contribution >= 4 is 15.8 Å². The number of ether oxygens (including phenoxy) is 1. The van der Waals surface area contributed by atoms with Crippen LogP contribution in [-0.2, 0) is 27.4 Å². The highest BCUT2D eigenvalue weighted by Gasteiger charge is 2.48. The first-order chi connectivity index (χ1) is 19.5. The summed E-state index contributed by atoms with van der Waals surface area (Å²) in [6.45, 7) is 1.26. The summed E-state index contributed by atoms with van der Waals surface area (Å²) in [6.07, 6.45) is -12.2. The Bertz CT molecular complexity index is 1540. The Hall–Kier alpha value is -3.59. The van der Waals surface area contributed by atoms with E-state index in [9.17, 15) is 48.3 Å². The summed E-state index contributed by atoms with van der Waals surface area (Å²) in [5.74, 6) is -2.28. The number of aromatic nitrogens is 1. The zero-order valence-electron chi connectivity index (χ0n) is 21.6. The van der Waals surface area contributed by atoms with Gasteiger partial charge in [-0.2, -0.15) is 17.5 Å². The molecule has 3 aromatic rings. The molecule has 4 rings (SSSR count).